The van der Waals surface area contributed by atoms with E-state index in [0.717, 1.165) is 31.2 Å². The van der Waals surface area contributed by atoms with Crippen LogP contribution in [-0.4, -0.2) is 48.3 Å². The Kier molecular flexibility index (Phi) is 5.21. The standard InChI is InChI=1S/C20H25F2NO4/c21-20(22)27-17-6-5-14(8-18(17)26-11-12-1-2-12)15-7-16(10-24)23(9-15)19(25)13-3-4-13/h5-6,8,12-13,15-16,20,24H,1-4,7,9-11H2/t15?,16-/m0/s1. The minimum absolute atomic E-state index is 0.0389. The summed E-state index contributed by atoms with van der Waals surface area (Å²) in [5, 5.41) is 9.68. The Morgan fingerprint density at radius 3 is 2.63 bits per heavy atom. The highest BCUT2D eigenvalue weighted by Crippen LogP contribution is 2.40. The van der Waals surface area contributed by atoms with Crippen molar-refractivity contribution in [2.24, 2.45) is 11.8 Å². The van der Waals surface area contributed by atoms with Crippen LogP contribution in [0.2, 0.25) is 0 Å². The van der Waals surface area contributed by atoms with E-state index in [4.69, 9.17) is 4.74 Å². The van der Waals surface area contributed by atoms with Crippen LogP contribution in [0.5, 0.6) is 11.5 Å². The average molecular weight is 381 g/mol. The number of hydrogen-bond acceptors (Lipinski definition) is 4. The molecule has 1 unspecified atom stereocenters. The van der Waals surface area contributed by atoms with Crippen LogP contribution < -0.4 is 9.47 Å². The minimum Gasteiger partial charge on any atom is -0.489 e. The summed E-state index contributed by atoms with van der Waals surface area (Å²) in [5.41, 5.74) is 0.923. The quantitative estimate of drug-likeness (QED) is 0.752. The lowest BCUT2D eigenvalue weighted by Crippen LogP contribution is -2.38. The van der Waals surface area contributed by atoms with Crippen molar-refractivity contribution < 1.29 is 28.2 Å². The largest absolute Gasteiger partial charge is 0.489 e. The molecule has 2 atom stereocenters. The summed E-state index contributed by atoms with van der Waals surface area (Å²) >= 11 is 0. The van der Waals surface area contributed by atoms with Crippen molar-refractivity contribution in [2.75, 3.05) is 19.8 Å². The van der Waals surface area contributed by atoms with Gasteiger partial charge >= 0.3 is 6.61 Å². The SMILES string of the molecule is O=C(C1CC1)N1CC(c2ccc(OC(F)F)c(OCC3CC3)c2)C[C@H]1CO. The van der Waals surface area contributed by atoms with E-state index in [1.54, 1.807) is 17.0 Å². The maximum absolute atomic E-state index is 12.7. The Balaban J connectivity index is 1.51. The first-order valence-electron chi connectivity index (χ1n) is 9.68. The third kappa shape index (κ3) is 4.34. The molecule has 1 aliphatic heterocycles. The molecule has 0 aromatic heterocycles. The molecule has 5 nitrogen and oxygen atoms in total. The minimum atomic E-state index is -2.91. The summed E-state index contributed by atoms with van der Waals surface area (Å²) in [4.78, 5) is 14.3. The molecule has 1 amide bonds. The fourth-order valence-electron chi connectivity index (χ4n) is 3.74. The normalized spacial score (nSPS) is 25.1. The number of aliphatic hydroxyl groups is 1. The Hall–Kier alpha value is -1.89. The molecule has 1 heterocycles. The second-order valence-electron chi connectivity index (χ2n) is 7.87. The van der Waals surface area contributed by atoms with Gasteiger partial charge in [-0.2, -0.15) is 8.78 Å². The van der Waals surface area contributed by atoms with Gasteiger partial charge in [0, 0.05) is 18.4 Å². The smallest absolute Gasteiger partial charge is 0.387 e. The monoisotopic (exact) mass is 381 g/mol. The third-order valence-electron chi connectivity index (χ3n) is 5.66. The maximum Gasteiger partial charge on any atom is 0.387 e. The fourth-order valence-corrected chi connectivity index (χ4v) is 3.74. The van der Waals surface area contributed by atoms with Crippen molar-refractivity contribution >= 4 is 5.91 Å². The van der Waals surface area contributed by atoms with Gasteiger partial charge in [-0.1, -0.05) is 6.07 Å². The van der Waals surface area contributed by atoms with Crippen molar-refractivity contribution in [1.29, 1.82) is 0 Å². The lowest BCUT2D eigenvalue weighted by atomic mass is 9.96. The second-order valence-corrected chi connectivity index (χ2v) is 7.87. The highest BCUT2D eigenvalue weighted by Gasteiger charge is 2.41. The Morgan fingerprint density at radius 2 is 2.00 bits per heavy atom. The zero-order chi connectivity index (χ0) is 19.0. The van der Waals surface area contributed by atoms with E-state index >= 15 is 0 Å². The molecule has 0 spiro atoms. The van der Waals surface area contributed by atoms with Crippen molar-refractivity contribution in [3.05, 3.63) is 23.8 Å². The lowest BCUT2D eigenvalue weighted by Gasteiger charge is -2.22. The van der Waals surface area contributed by atoms with Crippen molar-refractivity contribution in [2.45, 2.75) is 50.7 Å². The third-order valence-corrected chi connectivity index (χ3v) is 5.66. The molecule has 1 saturated heterocycles. The van der Waals surface area contributed by atoms with Crippen molar-refractivity contribution in [3.63, 3.8) is 0 Å². The van der Waals surface area contributed by atoms with E-state index in [1.165, 1.54) is 6.07 Å². The Bertz CT molecular complexity index is 691. The van der Waals surface area contributed by atoms with Crippen LogP contribution in [0.25, 0.3) is 0 Å². The van der Waals surface area contributed by atoms with Crippen LogP contribution in [0.15, 0.2) is 18.2 Å². The highest BCUT2D eigenvalue weighted by atomic mass is 19.3. The van der Waals surface area contributed by atoms with Gasteiger partial charge in [-0.15, -0.1) is 0 Å². The fraction of sp³-hybridized carbons (Fsp3) is 0.650. The zero-order valence-corrected chi connectivity index (χ0v) is 15.2. The molecule has 1 aromatic carbocycles. The molecular weight excluding hydrogens is 356 g/mol. The maximum atomic E-state index is 12.7. The van der Waals surface area contributed by atoms with Crippen LogP contribution in [0, 0.1) is 11.8 Å². The number of benzene rings is 1. The molecule has 4 rings (SSSR count). The first-order valence-corrected chi connectivity index (χ1v) is 9.68. The molecule has 2 saturated carbocycles. The van der Waals surface area contributed by atoms with Gasteiger partial charge in [0.15, 0.2) is 11.5 Å². The van der Waals surface area contributed by atoms with E-state index in [2.05, 4.69) is 4.74 Å². The molecule has 148 valence electrons. The molecule has 3 aliphatic rings. The summed E-state index contributed by atoms with van der Waals surface area (Å²) in [6, 6.07) is 4.84. The van der Waals surface area contributed by atoms with Gasteiger partial charge < -0.3 is 19.5 Å². The number of rotatable bonds is 8. The molecule has 27 heavy (non-hydrogen) atoms. The second kappa shape index (κ2) is 7.62. The summed E-state index contributed by atoms with van der Waals surface area (Å²) in [6.45, 7) is -1.93. The number of hydrogen-bond donors (Lipinski definition) is 1. The first kappa shape index (κ1) is 18.5. The molecule has 0 radical (unpaired) electrons. The molecule has 2 aliphatic carbocycles. The molecule has 1 N–H and O–H groups in total. The number of carbonyl (C=O) groups is 1. The number of ether oxygens (including phenoxy) is 2. The van der Waals surface area contributed by atoms with Crippen LogP contribution in [0.3, 0.4) is 0 Å². The predicted octanol–water partition coefficient (Wildman–Crippen LogP) is 3.16. The zero-order valence-electron chi connectivity index (χ0n) is 15.2. The number of alkyl halides is 2. The van der Waals surface area contributed by atoms with Gasteiger partial charge in [0.25, 0.3) is 0 Å². The van der Waals surface area contributed by atoms with E-state index in [0.29, 0.717) is 31.2 Å². The molecule has 3 fully saturated rings. The van der Waals surface area contributed by atoms with Crippen LogP contribution in [-0.2, 0) is 4.79 Å². The van der Waals surface area contributed by atoms with Crippen LogP contribution in [0.4, 0.5) is 8.78 Å². The van der Waals surface area contributed by atoms with Gasteiger partial charge in [-0.25, -0.2) is 0 Å². The van der Waals surface area contributed by atoms with Gasteiger partial charge in [-0.3, -0.25) is 4.79 Å². The van der Waals surface area contributed by atoms with Crippen LogP contribution >= 0.6 is 0 Å². The van der Waals surface area contributed by atoms with E-state index in [1.807, 2.05) is 0 Å². The van der Waals surface area contributed by atoms with Crippen molar-refractivity contribution in [1.82, 2.24) is 4.90 Å². The van der Waals surface area contributed by atoms with Gasteiger partial charge in [0.05, 0.1) is 19.3 Å². The van der Waals surface area contributed by atoms with E-state index in [9.17, 15) is 18.7 Å². The van der Waals surface area contributed by atoms with Gasteiger partial charge in [-0.05, 0) is 55.7 Å². The number of amides is 1. The van der Waals surface area contributed by atoms with Gasteiger partial charge in [0.1, 0.15) is 0 Å². The Morgan fingerprint density at radius 1 is 1.22 bits per heavy atom. The van der Waals surface area contributed by atoms with Gasteiger partial charge in [0.2, 0.25) is 5.91 Å². The molecular formula is C20H25F2NO4. The lowest BCUT2D eigenvalue weighted by molar-refractivity contribution is -0.134. The molecule has 1 aromatic rings. The molecule has 7 heteroatoms. The van der Waals surface area contributed by atoms with E-state index in [-0.39, 0.29) is 36.1 Å². The van der Waals surface area contributed by atoms with E-state index < -0.39 is 6.61 Å². The Labute approximate surface area is 157 Å². The van der Waals surface area contributed by atoms with Crippen LogP contribution in [0.1, 0.15) is 43.6 Å². The number of nitrogens with zero attached hydrogens (tertiary/aromatic N) is 1. The average Bonchev–Trinajstić information content (AvgIpc) is 3.57. The topological polar surface area (TPSA) is 59.0 Å². The summed E-state index contributed by atoms with van der Waals surface area (Å²) in [6.07, 6.45) is 4.72. The molecule has 0 bridgehead atoms. The predicted molar refractivity (Wildman–Crippen MR) is 94.0 cm³/mol. The number of likely N-dealkylation sites (tertiary alicyclic amines) is 1. The number of aliphatic hydroxyl groups excluding tert-OH is 1. The summed E-state index contributed by atoms with van der Waals surface area (Å²) in [7, 11) is 0. The summed E-state index contributed by atoms with van der Waals surface area (Å²) in [5.74, 6) is 1.14. The van der Waals surface area contributed by atoms with Crippen molar-refractivity contribution in [3.8, 4) is 11.5 Å². The first-order chi connectivity index (χ1) is 13.0. The number of halogens is 2. The highest BCUT2D eigenvalue weighted by molar-refractivity contribution is 5.81. The summed E-state index contributed by atoms with van der Waals surface area (Å²) < 4.78 is 35.7. The number of carbonyl (C=O) groups excluding carboxylic acids is 1.